The van der Waals surface area contributed by atoms with Gasteiger partial charge in [-0.15, -0.1) is 0 Å². The van der Waals surface area contributed by atoms with Crippen LogP contribution in [0.25, 0.3) is 11.3 Å². The summed E-state index contributed by atoms with van der Waals surface area (Å²) in [7, 11) is 1.99. The predicted molar refractivity (Wildman–Crippen MR) is 220 cm³/mol. The smallest absolute Gasteiger partial charge is 0.234 e. The van der Waals surface area contributed by atoms with Crippen LogP contribution < -0.4 is 15.1 Å². The number of phenolic OH excluding ortho intramolecular Hbond substituents is 1. The van der Waals surface area contributed by atoms with Crippen LogP contribution in [0.15, 0.2) is 79.3 Å². The van der Waals surface area contributed by atoms with Crippen LogP contribution in [0, 0.1) is 11.7 Å². The van der Waals surface area contributed by atoms with Crippen molar-refractivity contribution < 1.29 is 23.9 Å². The van der Waals surface area contributed by atoms with Crippen molar-refractivity contribution in [3.8, 4) is 17.0 Å². The van der Waals surface area contributed by atoms with Gasteiger partial charge in [0.1, 0.15) is 11.6 Å². The molecule has 0 radical (unpaired) electrons. The van der Waals surface area contributed by atoms with Crippen LogP contribution in [0.4, 0.5) is 15.8 Å². The summed E-state index contributed by atoms with van der Waals surface area (Å²) in [6.07, 6.45) is 12.3. The summed E-state index contributed by atoms with van der Waals surface area (Å²) in [5, 5.41) is 21.3. The van der Waals surface area contributed by atoms with Crippen LogP contribution in [-0.4, -0.2) is 107 Å². The fourth-order valence-electron chi connectivity index (χ4n) is 9.66. The maximum atomic E-state index is 15.2. The van der Waals surface area contributed by atoms with Gasteiger partial charge in [-0.2, -0.15) is 10.2 Å². The highest BCUT2D eigenvalue weighted by Gasteiger charge is 2.46. The van der Waals surface area contributed by atoms with Gasteiger partial charge in [0.25, 0.3) is 0 Å². The average Bonchev–Trinajstić information content (AvgIpc) is 3.26. The molecule has 2 aromatic heterocycles. The molecule has 2 N–H and O–H groups in total. The highest BCUT2D eigenvalue weighted by Crippen LogP contribution is 2.40. The Morgan fingerprint density at radius 2 is 1.62 bits per heavy atom. The Morgan fingerprint density at radius 1 is 0.897 bits per heavy atom. The highest BCUT2D eigenvalue weighted by atomic mass is 19.1. The van der Waals surface area contributed by atoms with Crippen molar-refractivity contribution in [2.45, 2.75) is 75.2 Å². The van der Waals surface area contributed by atoms with Gasteiger partial charge in [-0.05, 0) is 112 Å². The second kappa shape index (κ2) is 17.2. The molecule has 0 unspecified atom stereocenters. The van der Waals surface area contributed by atoms with E-state index in [9.17, 15) is 19.5 Å². The van der Waals surface area contributed by atoms with E-state index in [1.807, 2.05) is 48.3 Å². The van der Waals surface area contributed by atoms with Crippen molar-refractivity contribution in [2.24, 2.45) is 5.92 Å². The summed E-state index contributed by atoms with van der Waals surface area (Å²) in [6, 6.07) is 18.4. The third-order valence-corrected chi connectivity index (χ3v) is 13.3. The van der Waals surface area contributed by atoms with Crippen molar-refractivity contribution in [1.29, 1.82) is 0 Å². The molecule has 4 aliphatic rings. The van der Waals surface area contributed by atoms with Gasteiger partial charge in [0, 0.05) is 88.0 Å². The van der Waals surface area contributed by atoms with Crippen molar-refractivity contribution in [3.05, 3.63) is 96.2 Å². The zero-order valence-electron chi connectivity index (χ0n) is 33.2. The highest BCUT2D eigenvalue weighted by molar-refractivity contribution is 6.01. The number of halogens is 1. The zero-order chi connectivity index (χ0) is 40.2. The summed E-state index contributed by atoms with van der Waals surface area (Å²) < 4.78 is 15.2. The van der Waals surface area contributed by atoms with Gasteiger partial charge in [-0.1, -0.05) is 18.2 Å². The number of hydrogen-bond acceptors (Lipinski definition) is 10. The topological polar surface area (TPSA) is 135 Å². The number of piperidine rings is 4. The molecule has 12 nitrogen and oxygen atoms in total. The SMILES string of the molecule is CN(C(=O)C1(c2ccncc2)CCN(c2cnnc(-c3ccccc3O)c2)CC1)C1CCN(CCC2CCN(c3ccc([C@H]4CCC(=O)NC4=O)c(F)c3)CC2)CC1. The van der Waals surface area contributed by atoms with E-state index in [0.717, 1.165) is 81.8 Å². The van der Waals surface area contributed by atoms with E-state index in [2.05, 4.69) is 35.2 Å². The lowest BCUT2D eigenvalue weighted by Crippen LogP contribution is -2.56. The number of anilines is 2. The molecule has 0 saturated carbocycles. The average molecular weight is 789 g/mol. The first-order valence-corrected chi connectivity index (χ1v) is 20.8. The number of carbonyl (C=O) groups is 3. The molecule has 304 valence electrons. The van der Waals surface area contributed by atoms with E-state index in [-0.39, 0.29) is 35.8 Å². The van der Waals surface area contributed by atoms with Gasteiger partial charge in [0.05, 0.1) is 28.9 Å². The van der Waals surface area contributed by atoms with Gasteiger partial charge in [-0.3, -0.25) is 24.7 Å². The fraction of sp³-hybridized carbons (Fsp3) is 0.467. The van der Waals surface area contributed by atoms with Crippen LogP contribution in [0.1, 0.15) is 74.8 Å². The molecule has 0 aliphatic carbocycles. The van der Waals surface area contributed by atoms with Crippen LogP contribution >= 0.6 is 0 Å². The monoisotopic (exact) mass is 788 g/mol. The number of aromatic nitrogens is 3. The molecular formula is C45H53FN8O4. The molecule has 4 fully saturated rings. The Labute approximate surface area is 339 Å². The number of aromatic hydroxyl groups is 1. The van der Waals surface area contributed by atoms with Crippen molar-refractivity contribution in [1.82, 2.24) is 30.3 Å². The first-order chi connectivity index (χ1) is 28.2. The Hall–Kier alpha value is -5.43. The van der Waals surface area contributed by atoms with Crippen molar-refractivity contribution in [2.75, 3.05) is 62.7 Å². The number of phenols is 1. The summed E-state index contributed by atoms with van der Waals surface area (Å²) in [4.78, 5) is 51.9. The quantitative estimate of drug-likeness (QED) is 0.194. The molecule has 4 aromatic rings. The Bertz CT molecular complexity index is 2100. The van der Waals surface area contributed by atoms with Gasteiger partial charge >= 0.3 is 0 Å². The third-order valence-electron chi connectivity index (χ3n) is 13.3. The molecule has 58 heavy (non-hydrogen) atoms. The largest absolute Gasteiger partial charge is 0.507 e. The van der Waals surface area contributed by atoms with E-state index in [0.29, 0.717) is 55.1 Å². The number of nitrogens with one attached hydrogen (secondary N) is 1. The number of amides is 3. The summed E-state index contributed by atoms with van der Waals surface area (Å²) in [5.74, 6) is -0.781. The van der Waals surface area contributed by atoms with E-state index in [4.69, 9.17) is 0 Å². The lowest BCUT2D eigenvalue weighted by molar-refractivity contribution is -0.140. The molecule has 6 heterocycles. The zero-order valence-corrected chi connectivity index (χ0v) is 33.2. The Kier molecular flexibility index (Phi) is 11.7. The molecule has 4 aliphatic heterocycles. The van der Waals surface area contributed by atoms with Gasteiger partial charge in [-0.25, -0.2) is 4.39 Å². The molecule has 3 amide bonds. The minimum Gasteiger partial charge on any atom is -0.507 e. The number of likely N-dealkylation sites (N-methyl/N-ethyl adjacent to an activating group) is 1. The second-order valence-electron chi connectivity index (χ2n) is 16.5. The molecule has 1 atom stereocenters. The summed E-state index contributed by atoms with van der Waals surface area (Å²) in [6.45, 7) is 6.06. The number of benzene rings is 2. The Morgan fingerprint density at radius 3 is 2.33 bits per heavy atom. The number of nitrogens with zero attached hydrogens (tertiary/aromatic N) is 7. The van der Waals surface area contributed by atoms with Crippen molar-refractivity contribution in [3.63, 3.8) is 0 Å². The van der Waals surface area contributed by atoms with E-state index in [1.54, 1.807) is 42.9 Å². The summed E-state index contributed by atoms with van der Waals surface area (Å²) in [5.41, 5.74) is 3.73. The third kappa shape index (κ3) is 8.27. The van der Waals surface area contributed by atoms with Crippen molar-refractivity contribution >= 4 is 29.1 Å². The summed E-state index contributed by atoms with van der Waals surface area (Å²) >= 11 is 0. The van der Waals surface area contributed by atoms with Gasteiger partial charge in [0.15, 0.2) is 0 Å². The Balaban J connectivity index is 0.823. The van der Waals surface area contributed by atoms with E-state index in [1.165, 1.54) is 0 Å². The first kappa shape index (κ1) is 39.4. The van der Waals surface area contributed by atoms with Crippen LogP contribution in [-0.2, 0) is 19.8 Å². The number of para-hydroxylation sites is 1. The van der Waals surface area contributed by atoms with Gasteiger partial charge < -0.3 is 24.7 Å². The molecule has 4 saturated heterocycles. The lowest BCUT2D eigenvalue weighted by Gasteiger charge is -2.46. The fourth-order valence-corrected chi connectivity index (χ4v) is 9.66. The lowest BCUT2D eigenvalue weighted by atomic mass is 9.71. The van der Waals surface area contributed by atoms with Crippen LogP contribution in [0.2, 0.25) is 0 Å². The normalized spacial score (nSPS) is 20.8. The number of hydrogen-bond donors (Lipinski definition) is 2. The number of rotatable bonds is 10. The predicted octanol–water partition coefficient (Wildman–Crippen LogP) is 5.67. The molecule has 0 bridgehead atoms. The first-order valence-electron chi connectivity index (χ1n) is 20.8. The number of pyridine rings is 1. The standard InChI is InChI=1S/C45H53FN8O4/c1-51(44(58)45(32-10-19-47-20-11-32)17-26-54(27-18-45)35-29-40(50-48-30-35)38-4-2-3-5-41(38)55)33-15-22-52(23-16-33)21-12-31-13-24-53(25-14-31)34-6-7-36(39(46)28-34)37-8-9-42(56)49-43(37)57/h2-7,10-11,19-20,28-31,33,37,55H,8-9,12-18,21-27H2,1H3,(H,49,56,57)/t37-/m1/s1. The number of carbonyl (C=O) groups excluding carboxylic acids is 3. The van der Waals surface area contributed by atoms with E-state index >= 15 is 4.39 Å². The molecule has 13 heteroatoms. The molecule has 8 rings (SSSR count). The maximum absolute atomic E-state index is 15.2. The van der Waals surface area contributed by atoms with Crippen LogP contribution in [0.3, 0.4) is 0 Å². The second-order valence-corrected chi connectivity index (χ2v) is 16.5. The van der Waals surface area contributed by atoms with E-state index < -0.39 is 17.2 Å². The number of imide groups is 1. The van der Waals surface area contributed by atoms with Crippen LogP contribution in [0.5, 0.6) is 5.75 Å². The maximum Gasteiger partial charge on any atom is 0.234 e. The minimum absolute atomic E-state index is 0.162. The van der Waals surface area contributed by atoms with Gasteiger partial charge in [0.2, 0.25) is 17.7 Å². The molecular weight excluding hydrogens is 736 g/mol. The molecule has 0 spiro atoms. The number of likely N-dealkylation sites (tertiary alicyclic amines) is 1. The minimum atomic E-state index is -0.650. The molecule has 2 aromatic carbocycles.